The van der Waals surface area contributed by atoms with Crippen LogP contribution in [0.3, 0.4) is 0 Å². The molecule has 0 spiro atoms. The lowest BCUT2D eigenvalue weighted by Crippen LogP contribution is -2.32. The van der Waals surface area contributed by atoms with Crippen molar-refractivity contribution in [3.8, 4) is 5.75 Å². The highest BCUT2D eigenvalue weighted by Gasteiger charge is 2.41. The molecule has 1 unspecified atom stereocenters. The van der Waals surface area contributed by atoms with E-state index in [1.165, 1.54) is 6.07 Å². The Morgan fingerprint density at radius 3 is 2.45 bits per heavy atom. The number of benzene rings is 2. The van der Waals surface area contributed by atoms with Crippen molar-refractivity contribution < 1.29 is 29.4 Å². The second-order valence-electron chi connectivity index (χ2n) is 6.36. The Kier molecular flexibility index (Phi) is 5.88. The molecule has 0 aromatic heterocycles. The van der Waals surface area contributed by atoms with Gasteiger partial charge >= 0.3 is 5.97 Å². The van der Waals surface area contributed by atoms with Gasteiger partial charge in [0.15, 0.2) is 0 Å². The van der Waals surface area contributed by atoms with Gasteiger partial charge in [0.1, 0.15) is 16.6 Å². The normalized spacial score (nSPS) is 16.2. The first kappa shape index (κ1) is 20.4. The van der Waals surface area contributed by atoms with E-state index < -0.39 is 34.0 Å². The van der Waals surface area contributed by atoms with Gasteiger partial charge in [-0.25, -0.2) is 9.69 Å². The van der Waals surface area contributed by atoms with Crippen molar-refractivity contribution in [2.24, 2.45) is 0 Å². The van der Waals surface area contributed by atoms with E-state index in [-0.39, 0.29) is 17.7 Å². The number of nitrogens with zero attached hydrogens (tertiary/aromatic N) is 1. The number of aromatic carboxylic acids is 1. The molecule has 9 heteroatoms. The van der Waals surface area contributed by atoms with E-state index in [2.05, 4.69) is 5.32 Å². The summed E-state index contributed by atoms with van der Waals surface area (Å²) in [5.41, 5.74) is 1.34. The van der Waals surface area contributed by atoms with E-state index in [1.807, 2.05) is 19.1 Å². The number of hydrogen-bond donors (Lipinski definition) is 3. The maximum absolute atomic E-state index is 12.6. The minimum absolute atomic E-state index is 0.166. The van der Waals surface area contributed by atoms with Gasteiger partial charge in [0.25, 0.3) is 5.24 Å². The van der Waals surface area contributed by atoms with Gasteiger partial charge in [-0.15, -0.1) is 0 Å². The number of imide groups is 1. The topological polar surface area (TPSA) is 124 Å². The van der Waals surface area contributed by atoms with Gasteiger partial charge < -0.3 is 15.5 Å². The number of anilines is 2. The first-order valence-corrected chi connectivity index (χ1v) is 9.67. The second kappa shape index (κ2) is 8.36. The van der Waals surface area contributed by atoms with Crippen LogP contribution >= 0.6 is 11.8 Å². The summed E-state index contributed by atoms with van der Waals surface area (Å²) >= 11 is 0.778. The number of aryl methyl sites for hydroxylation is 1. The zero-order chi connectivity index (χ0) is 21.1. The van der Waals surface area contributed by atoms with Crippen LogP contribution in [0.1, 0.15) is 29.3 Å². The number of carboxylic acid groups (broad SMARTS) is 1. The molecule has 0 saturated carbocycles. The molecule has 2 aromatic carbocycles. The Labute approximate surface area is 170 Å². The zero-order valence-electron chi connectivity index (χ0n) is 15.4. The molecule has 0 bridgehead atoms. The molecular weight excluding hydrogens is 396 g/mol. The number of nitrogens with one attached hydrogen (secondary N) is 1. The van der Waals surface area contributed by atoms with Gasteiger partial charge in [-0.05, 0) is 54.1 Å². The fourth-order valence-electron chi connectivity index (χ4n) is 2.87. The van der Waals surface area contributed by atoms with Crippen LogP contribution in [0.25, 0.3) is 0 Å². The minimum Gasteiger partial charge on any atom is -0.507 e. The number of phenols is 1. The number of hydrogen-bond acceptors (Lipinski definition) is 6. The molecule has 29 heavy (non-hydrogen) atoms. The molecule has 1 atom stereocenters. The highest BCUT2D eigenvalue weighted by Crippen LogP contribution is 2.34. The minimum atomic E-state index is -1.34. The molecule has 150 valence electrons. The van der Waals surface area contributed by atoms with Gasteiger partial charge in [0, 0.05) is 12.1 Å². The molecule has 1 heterocycles. The van der Waals surface area contributed by atoms with Crippen molar-refractivity contribution in [2.75, 3.05) is 10.2 Å². The molecule has 1 aliphatic heterocycles. The van der Waals surface area contributed by atoms with Gasteiger partial charge in [0.05, 0.1) is 5.69 Å². The maximum atomic E-state index is 12.6. The Hall–Kier alpha value is -3.33. The molecule has 1 saturated heterocycles. The lowest BCUT2D eigenvalue weighted by molar-refractivity contribution is -0.121. The van der Waals surface area contributed by atoms with Crippen molar-refractivity contribution in [2.45, 2.75) is 25.0 Å². The average molecular weight is 414 g/mol. The number of carbonyl (C=O) groups excluding carboxylic acids is 3. The summed E-state index contributed by atoms with van der Waals surface area (Å²) in [5.74, 6) is -2.78. The van der Waals surface area contributed by atoms with E-state index in [0.29, 0.717) is 5.69 Å². The molecule has 3 rings (SSSR count). The SMILES string of the molecule is CCc1ccc(N2C(=O)SC(CC(=O)Nc3ccc(O)c(C(=O)O)c3)C2=O)cc1. The fraction of sp³-hybridized carbons (Fsp3) is 0.200. The van der Waals surface area contributed by atoms with E-state index in [4.69, 9.17) is 5.11 Å². The zero-order valence-corrected chi connectivity index (χ0v) is 16.2. The number of thioether (sulfide) groups is 1. The number of carbonyl (C=O) groups is 4. The number of carboxylic acids is 1. The molecule has 1 aliphatic rings. The van der Waals surface area contributed by atoms with Crippen LogP contribution in [0.2, 0.25) is 0 Å². The smallest absolute Gasteiger partial charge is 0.339 e. The Bertz CT molecular complexity index is 989. The van der Waals surface area contributed by atoms with Crippen LogP contribution in [0.15, 0.2) is 42.5 Å². The van der Waals surface area contributed by atoms with Crippen molar-refractivity contribution in [3.63, 3.8) is 0 Å². The number of rotatable bonds is 6. The largest absolute Gasteiger partial charge is 0.507 e. The summed E-state index contributed by atoms with van der Waals surface area (Å²) in [5, 5.41) is 19.7. The molecule has 3 N–H and O–H groups in total. The Morgan fingerprint density at radius 2 is 1.83 bits per heavy atom. The van der Waals surface area contributed by atoms with Crippen LogP contribution in [-0.4, -0.2) is 38.5 Å². The summed E-state index contributed by atoms with van der Waals surface area (Å²) in [6.07, 6.45) is 0.586. The third-order valence-electron chi connectivity index (χ3n) is 4.41. The predicted octanol–water partition coefficient (Wildman–Crippen LogP) is 3.25. The standard InChI is InChI=1S/C20H18N2O6S/c1-2-11-3-6-13(7-4-11)22-18(25)16(29-20(22)28)10-17(24)21-12-5-8-15(23)14(9-12)19(26)27/h3-9,16,23H,2,10H2,1H3,(H,21,24)(H,26,27). The first-order valence-electron chi connectivity index (χ1n) is 8.79. The average Bonchev–Trinajstić information content (AvgIpc) is 2.96. The molecular formula is C20H18N2O6S. The van der Waals surface area contributed by atoms with Gasteiger partial charge in [0.2, 0.25) is 11.8 Å². The highest BCUT2D eigenvalue weighted by molar-refractivity contribution is 8.15. The van der Waals surface area contributed by atoms with E-state index in [0.717, 1.165) is 40.8 Å². The summed E-state index contributed by atoms with van der Waals surface area (Å²) in [6.45, 7) is 2.00. The predicted molar refractivity (Wildman–Crippen MR) is 108 cm³/mol. The van der Waals surface area contributed by atoms with Gasteiger partial charge in [-0.3, -0.25) is 14.4 Å². The Morgan fingerprint density at radius 1 is 1.14 bits per heavy atom. The van der Waals surface area contributed by atoms with E-state index >= 15 is 0 Å². The maximum Gasteiger partial charge on any atom is 0.339 e. The van der Waals surface area contributed by atoms with Crippen LogP contribution < -0.4 is 10.2 Å². The van der Waals surface area contributed by atoms with Crippen LogP contribution in [0.5, 0.6) is 5.75 Å². The summed E-state index contributed by atoms with van der Waals surface area (Å²) < 4.78 is 0. The molecule has 0 aliphatic carbocycles. The van der Waals surface area contributed by atoms with Crippen LogP contribution in [0, 0.1) is 0 Å². The molecule has 0 radical (unpaired) electrons. The number of amides is 3. The van der Waals surface area contributed by atoms with Crippen LogP contribution in [0.4, 0.5) is 16.2 Å². The van der Waals surface area contributed by atoms with Crippen molar-refractivity contribution >= 4 is 46.2 Å². The third kappa shape index (κ3) is 4.40. The lowest BCUT2D eigenvalue weighted by atomic mass is 10.1. The molecule has 1 fully saturated rings. The van der Waals surface area contributed by atoms with Crippen molar-refractivity contribution in [1.29, 1.82) is 0 Å². The van der Waals surface area contributed by atoms with E-state index in [1.54, 1.807) is 12.1 Å². The molecule has 8 nitrogen and oxygen atoms in total. The number of aromatic hydroxyl groups is 1. The lowest BCUT2D eigenvalue weighted by Gasteiger charge is -2.14. The fourth-order valence-corrected chi connectivity index (χ4v) is 3.85. The Balaban J connectivity index is 1.68. The van der Waals surface area contributed by atoms with Crippen LogP contribution in [-0.2, 0) is 16.0 Å². The summed E-state index contributed by atoms with van der Waals surface area (Å²) in [6, 6.07) is 10.7. The monoisotopic (exact) mass is 414 g/mol. The molecule has 2 aromatic rings. The highest BCUT2D eigenvalue weighted by atomic mass is 32.2. The van der Waals surface area contributed by atoms with Gasteiger partial charge in [-0.2, -0.15) is 0 Å². The van der Waals surface area contributed by atoms with Crippen molar-refractivity contribution in [3.05, 3.63) is 53.6 Å². The second-order valence-corrected chi connectivity index (χ2v) is 7.51. The van der Waals surface area contributed by atoms with Crippen molar-refractivity contribution in [1.82, 2.24) is 0 Å². The third-order valence-corrected chi connectivity index (χ3v) is 5.44. The van der Waals surface area contributed by atoms with E-state index in [9.17, 15) is 24.3 Å². The molecule has 3 amide bonds. The quantitative estimate of drug-likeness (QED) is 0.620. The summed E-state index contributed by atoms with van der Waals surface area (Å²) in [4.78, 5) is 49.4. The van der Waals surface area contributed by atoms with Gasteiger partial charge in [-0.1, -0.05) is 19.1 Å². The first-order chi connectivity index (χ1) is 13.8. The summed E-state index contributed by atoms with van der Waals surface area (Å²) in [7, 11) is 0.